The van der Waals surface area contributed by atoms with Crippen LogP contribution in [0.25, 0.3) is 11.4 Å². The van der Waals surface area contributed by atoms with Gasteiger partial charge in [-0.3, -0.25) is 9.69 Å². The highest BCUT2D eigenvalue weighted by Gasteiger charge is 2.20. The average Bonchev–Trinajstić information content (AvgIpc) is 3.26. The Morgan fingerprint density at radius 3 is 2.21 bits per heavy atom. The molecule has 2 heterocycles. The van der Waals surface area contributed by atoms with Crippen molar-refractivity contribution in [2.75, 3.05) is 32.8 Å². The Morgan fingerprint density at radius 2 is 1.61 bits per heavy atom. The van der Waals surface area contributed by atoms with E-state index in [9.17, 15) is 4.79 Å². The Kier molecular flexibility index (Phi) is 12.5. The maximum atomic E-state index is 12.2. The first kappa shape index (κ1) is 29.5. The van der Waals surface area contributed by atoms with E-state index in [0.717, 1.165) is 67.4 Å². The molecule has 0 spiro atoms. The SMILES string of the molecule is CCCCN(CC(=O)NCC)Cc1c(Cl)nc(-c2ccccc2)n1CCCC.c1ccc2c(c1)OCCO2. The third kappa shape index (κ3) is 8.77. The Labute approximate surface area is 232 Å². The lowest BCUT2D eigenvalue weighted by atomic mass is 10.2. The van der Waals surface area contributed by atoms with Crippen LogP contribution in [0.1, 0.15) is 52.1 Å². The normalized spacial score (nSPS) is 12.1. The molecular formula is C30H41ClN4O3. The molecule has 206 valence electrons. The van der Waals surface area contributed by atoms with Crippen LogP contribution in [0.3, 0.4) is 0 Å². The van der Waals surface area contributed by atoms with Gasteiger partial charge in [0, 0.05) is 25.2 Å². The van der Waals surface area contributed by atoms with Gasteiger partial charge >= 0.3 is 0 Å². The van der Waals surface area contributed by atoms with Crippen molar-refractivity contribution < 1.29 is 14.3 Å². The molecule has 4 rings (SSSR count). The predicted octanol–water partition coefficient (Wildman–Crippen LogP) is 6.20. The maximum Gasteiger partial charge on any atom is 0.234 e. The minimum Gasteiger partial charge on any atom is -0.486 e. The van der Waals surface area contributed by atoms with Crippen molar-refractivity contribution in [2.24, 2.45) is 0 Å². The molecule has 0 bridgehead atoms. The number of carbonyl (C=O) groups is 1. The van der Waals surface area contributed by atoms with Crippen LogP contribution in [-0.4, -0.2) is 53.2 Å². The van der Waals surface area contributed by atoms with E-state index in [1.807, 2.05) is 49.4 Å². The van der Waals surface area contributed by atoms with E-state index in [-0.39, 0.29) is 5.91 Å². The summed E-state index contributed by atoms with van der Waals surface area (Å²) in [5, 5.41) is 3.43. The monoisotopic (exact) mass is 540 g/mol. The number of hydrogen-bond acceptors (Lipinski definition) is 5. The number of amides is 1. The molecule has 1 amide bonds. The van der Waals surface area contributed by atoms with Crippen molar-refractivity contribution in [1.82, 2.24) is 19.8 Å². The van der Waals surface area contributed by atoms with Crippen molar-refractivity contribution in [2.45, 2.75) is 59.5 Å². The van der Waals surface area contributed by atoms with Gasteiger partial charge in [-0.05, 0) is 38.4 Å². The van der Waals surface area contributed by atoms with E-state index in [2.05, 4.69) is 45.7 Å². The number of carbonyl (C=O) groups excluding carboxylic acids is 1. The molecule has 1 aliphatic heterocycles. The second-order valence-corrected chi connectivity index (χ2v) is 9.56. The Hall–Kier alpha value is -3.03. The number of ether oxygens (including phenoxy) is 2. The predicted molar refractivity (Wildman–Crippen MR) is 154 cm³/mol. The number of para-hydroxylation sites is 2. The molecule has 3 aromatic rings. The van der Waals surface area contributed by atoms with Crippen LogP contribution in [0.15, 0.2) is 54.6 Å². The van der Waals surface area contributed by atoms with Crippen molar-refractivity contribution in [3.05, 3.63) is 65.4 Å². The smallest absolute Gasteiger partial charge is 0.234 e. The number of hydrogen-bond donors (Lipinski definition) is 1. The third-order valence-electron chi connectivity index (χ3n) is 6.18. The minimum atomic E-state index is 0.0534. The number of aromatic nitrogens is 2. The van der Waals surface area contributed by atoms with Crippen LogP contribution in [-0.2, 0) is 17.9 Å². The third-order valence-corrected chi connectivity index (χ3v) is 6.48. The molecule has 1 N–H and O–H groups in total. The van der Waals surface area contributed by atoms with Gasteiger partial charge in [-0.25, -0.2) is 4.98 Å². The molecule has 1 aromatic heterocycles. The number of fused-ring (bicyclic) bond motifs is 1. The number of rotatable bonds is 12. The zero-order chi connectivity index (χ0) is 27.2. The van der Waals surface area contributed by atoms with Gasteiger partial charge in [0.1, 0.15) is 19.0 Å². The Morgan fingerprint density at radius 1 is 0.974 bits per heavy atom. The lowest BCUT2D eigenvalue weighted by Gasteiger charge is -2.23. The van der Waals surface area contributed by atoms with Crippen LogP contribution >= 0.6 is 11.6 Å². The highest BCUT2D eigenvalue weighted by atomic mass is 35.5. The van der Waals surface area contributed by atoms with Gasteiger partial charge in [-0.2, -0.15) is 0 Å². The molecule has 1 aliphatic rings. The second-order valence-electron chi connectivity index (χ2n) is 9.21. The number of nitrogens with zero attached hydrogens (tertiary/aromatic N) is 3. The van der Waals surface area contributed by atoms with Gasteiger partial charge in [0.2, 0.25) is 5.91 Å². The summed E-state index contributed by atoms with van der Waals surface area (Å²) in [5.74, 6) is 2.67. The van der Waals surface area contributed by atoms with Crippen LogP contribution < -0.4 is 14.8 Å². The molecule has 0 aliphatic carbocycles. The number of imidazole rings is 1. The van der Waals surface area contributed by atoms with Crippen LogP contribution in [0.5, 0.6) is 11.5 Å². The summed E-state index contributed by atoms with van der Waals surface area (Å²) in [6.07, 6.45) is 4.29. The Bertz CT molecular complexity index is 1090. The maximum absolute atomic E-state index is 12.2. The molecule has 8 heteroatoms. The number of likely N-dealkylation sites (N-methyl/N-ethyl adjacent to an activating group) is 1. The number of halogens is 1. The summed E-state index contributed by atoms with van der Waals surface area (Å²) < 4.78 is 12.8. The van der Waals surface area contributed by atoms with Crippen molar-refractivity contribution >= 4 is 17.5 Å². The molecule has 0 radical (unpaired) electrons. The topological polar surface area (TPSA) is 68.6 Å². The van der Waals surface area contributed by atoms with E-state index in [0.29, 0.717) is 38.0 Å². The molecule has 0 unspecified atom stereocenters. The first-order valence-electron chi connectivity index (χ1n) is 13.7. The standard InChI is InChI=1S/C22H33ClN4O.C8H8O2/c1-4-7-14-26(17-20(28)24-6-3)16-19-21(23)25-22(27(19)15-8-5-2)18-12-10-9-11-13-18;1-2-4-8-7(3-1)9-5-6-10-8/h9-13H,4-8,14-17H2,1-3H3,(H,24,28);1-4H,5-6H2. The summed E-state index contributed by atoms with van der Waals surface area (Å²) in [6, 6.07) is 17.9. The van der Waals surface area contributed by atoms with Gasteiger partial charge < -0.3 is 19.4 Å². The Balaban J connectivity index is 0.000000329. The molecule has 2 aromatic carbocycles. The van der Waals surface area contributed by atoms with Crippen molar-refractivity contribution in [1.29, 1.82) is 0 Å². The summed E-state index contributed by atoms with van der Waals surface area (Å²) in [6.45, 7) is 11.0. The fraction of sp³-hybridized carbons (Fsp3) is 0.467. The van der Waals surface area contributed by atoms with Gasteiger partial charge in [-0.15, -0.1) is 0 Å². The molecule has 7 nitrogen and oxygen atoms in total. The number of unbranched alkanes of at least 4 members (excludes halogenated alkanes) is 2. The molecule has 0 fully saturated rings. The highest BCUT2D eigenvalue weighted by molar-refractivity contribution is 6.30. The number of nitrogens with one attached hydrogen (secondary N) is 1. The van der Waals surface area contributed by atoms with Crippen LogP contribution in [0.2, 0.25) is 5.15 Å². The number of benzene rings is 2. The summed E-state index contributed by atoms with van der Waals surface area (Å²) in [4.78, 5) is 19.0. The van der Waals surface area contributed by atoms with E-state index in [1.165, 1.54) is 0 Å². The van der Waals surface area contributed by atoms with E-state index in [4.69, 9.17) is 21.1 Å². The van der Waals surface area contributed by atoms with Gasteiger partial charge in [-0.1, -0.05) is 80.8 Å². The zero-order valence-corrected chi connectivity index (χ0v) is 23.7. The van der Waals surface area contributed by atoms with Crippen molar-refractivity contribution in [3.63, 3.8) is 0 Å². The van der Waals surface area contributed by atoms with Gasteiger partial charge in [0.05, 0.1) is 12.2 Å². The molecule has 0 atom stereocenters. The first-order valence-corrected chi connectivity index (χ1v) is 14.1. The summed E-state index contributed by atoms with van der Waals surface area (Å²) in [7, 11) is 0. The van der Waals surface area contributed by atoms with Crippen LogP contribution in [0, 0.1) is 0 Å². The minimum absolute atomic E-state index is 0.0534. The molecule has 0 saturated carbocycles. The summed E-state index contributed by atoms with van der Waals surface area (Å²) >= 11 is 6.60. The lowest BCUT2D eigenvalue weighted by Crippen LogP contribution is -2.37. The molecule has 0 saturated heterocycles. The molecular weight excluding hydrogens is 500 g/mol. The van der Waals surface area contributed by atoms with E-state index in [1.54, 1.807) is 0 Å². The van der Waals surface area contributed by atoms with E-state index < -0.39 is 0 Å². The van der Waals surface area contributed by atoms with Crippen molar-refractivity contribution in [3.8, 4) is 22.9 Å². The van der Waals surface area contributed by atoms with E-state index >= 15 is 0 Å². The average molecular weight is 541 g/mol. The van der Waals surface area contributed by atoms with Crippen LogP contribution in [0.4, 0.5) is 0 Å². The highest BCUT2D eigenvalue weighted by Crippen LogP contribution is 2.29. The lowest BCUT2D eigenvalue weighted by molar-refractivity contribution is -0.122. The first-order chi connectivity index (χ1) is 18.6. The fourth-order valence-corrected chi connectivity index (χ4v) is 4.47. The quantitative estimate of drug-likeness (QED) is 0.296. The largest absolute Gasteiger partial charge is 0.486 e. The molecule has 38 heavy (non-hydrogen) atoms. The van der Waals surface area contributed by atoms with Gasteiger partial charge in [0.15, 0.2) is 16.7 Å². The summed E-state index contributed by atoms with van der Waals surface area (Å²) in [5.41, 5.74) is 2.06. The fourth-order valence-electron chi connectivity index (χ4n) is 4.23. The van der Waals surface area contributed by atoms with Gasteiger partial charge in [0.25, 0.3) is 0 Å². The second kappa shape index (κ2) is 16.0. The zero-order valence-electron chi connectivity index (χ0n) is 22.9.